The van der Waals surface area contributed by atoms with E-state index in [1.165, 1.54) is 54.6 Å². The molecule has 2 aromatic carbocycles. The van der Waals surface area contributed by atoms with E-state index in [4.69, 9.17) is 0 Å². The summed E-state index contributed by atoms with van der Waals surface area (Å²) >= 11 is 0. The van der Waals surface area contributed by atoms with Gasteiger partial charge in [0.2, 0.25) is 0 Å². The maximum absolute atomic E-state index is 12.7. The molecule has 1 heterocycles. The minimum atomic E-state index is 0.00426. The van der Waals surface area contributed by atoms with Crippen molar-refractivity contribution in [3.05, 3.63) is 70.3 Å². The topological polar surface area (TPSA) is 32.3 Å². The largest absolute Gasteiger partial charge is 0.345 e. The van der Waals surface area contributed by atoms with Crippen LogP contribution in [0.5, 0.6) is 0 Å². The van der Waals surface area contributed by atoms with Crippen molar-refractivity contribution in [3.8, 4) is 0 Å². The lowest BCUT2D eigenvalue weighted by Gasteiger charge is -2.26. The van der Waals surface area contributed by atoms with Crippen molar-refractivity contribution < 1.29 is 4.79 Å². The maximum atomic E-state index is 12.7. The molecule has 3 nitrogen and oxygen atoms in total. The maximum Gasteiger partial charge on any atom is 0.251 e. The van der Waals surface area contributed by atoms with Gasteiger partial charge in [-0.2, -0.15) is 0 Å². The summed E-state index contributed by atoms with van der Waals surface area (Å²) in [7, 11) is 0. The van der Waals surface area contributed by atoms with Crippen LogP contribution in [0.2, 0.25) is 0 Å². The molecule has 0 aliphatic carbocycles. The number of nitrogens with zero attached hydrogens (tertiary/aromatic N) is 1. The third kappa shape index (κ3) is 5.20. The molecule has 0 saturated carbocycles. The van der Waals surface area contributed by atoms with Gasteiger partial charge in [-0.3, -0.25) is 9.69 Å². The molecule has 1 unspecified atom stereocenters. The normalized spacial score (nSPS) is 16.1. The van der Waals surface area contributed by atoms with E-state index in [-0.39, 0.29) is 11.9 Å². The first-order chi connectivity index (χ1) is 13.1. The molecule has 144 valence electrons. The van der Waals surface area contributed by atoms with Crippen LogP contribution in [-0.4, -0.2) is 23.9 Å². The summed E-state index contributed by atoms with van der Waals surface area (Å²) in [5.41, 5.74) is 5.75. The van der Waals surface area contributed by atoms with Gasteiger partial charge in [0.1, 0.15) is 0 Å². The van der Waals surface area contributed by atoms with Gasteiger partial charge in [0.25, 0.3) is 5.91 Å². The molecule has 1 aliphatic rings. The number of carbonyl (C=O) groups is 1. The second kappa shape index (κ2) is 9.18. The molecule has 1 atom stereocenters. The summed E-state index contributed by atoms with van der Waals surface area (Å²) in [5, 5.41) is 3.20. The molecule has 1 fully saturated rings. The molecule has 0 bridgehead atoms. The summed E-state index contributed by atoms with van der Waals surface area (Å²) in [6.07, 6.45) is 4.84. The average Bonchev–Trinajstić information content (AvgIpc) is 2.69. The second-order valence-electron chi connectivity index (χ2n) is 7.81. The summed E-state index contributed by atoms with van der Waals surface area (Å²) in [5.74, 6) is 0.00426. The monoisotopic (exact) mass is 364 g/mol. The number of carbonyl (C=O) groups excluding carboxylic acids is 1. The van der Waals surface area contributed by atoms with E-state index in [0.29, 0.717) is 0 Å². The van der Waals surface area contributed by atoms with Crippen molar-refractivity contribution in [2.75, 3.05) is 13.1 Å². The number of likely N-dealkylation sites (tertiary alicyclic amines) is 1. The predicted molar refractivity (Wildman–Crippen MR) is 112 cm³/mol. The highest BCUT2D eigenvalue weighted by molar-refractivity contribution is 5.94. The first-order valence-corrected chi connectivity index (χ1v) is 10.3. The van der Waals surface area contributed by atoms with Crippen molar-refractivity contribution in [1.82, 2.24) is 10.2 Å². The number of hydrogen-bond acceptors (Lipinski definition) is 2. The molecular weight excluding hydrogens is 332 g/mol. The van der Waals surface area contributed by atoms with Crippen LogP contribution in [0.4, 0.5) is 0 Å². The van der Waals surface area contributed by atoms with Crippen LogP contribution in [0.1, 0.15) is 71.3 Å². The van der Waals surface area contributed by atoms with Crippen molar-refractivity contribution in [1.29, 1.82) is 0 Å². The Labute approximate surface area is 163 Å². The molecule has 1 amide bonds. The molecule has 3 rings (SSSR count). The first kappa shape index (κ1) is 19.6. The van der Waals surface area contributed by atoms with Crippen LogP contribution in [0.15, 0.2) is 42.5 Å². The summed E-state index contributed by atoms with van der Waals surface area (Å²) in [4.78, 5) is 15.2. The Morgan fingerprint density at radius 3 is 2.33 bits per heavy atom. The second-order valence-corrected chi connectivity index (χ2v) is 7.81. The number of rotatable bonds is 6. The predicted octanol–water partition coefficient (Wildman–Crippen LogP) is 5.17. The summed E-state index contributed by atoms with van der Waals surface area (Å²) in [6, 6.07) is 14.6. The lowest BCUT2D eigenvalue weighted by Crippen LogP contribution is -2.29. The molecule has 1 N–H and O–H groups in total. The minimum absolute atomic E-state index is 0.00426. The Kier molecular flexibility index (Phi) is 6.68. The van der Waals surface area contributed by atoms with Crippen molar-refractivity contribution >= 4 is 5.91 Å². The first-order valence-electron chi connectivity index (χ1n) is 10.3. The lowest BCUT2D eigenvalue weighted by atomic mass is 9.99. The van der Waals surface area contributed by atoms with Gasteiger partial charge in [0.05, 0.1) is 6.04 Å². The van der Waals surface area contributed by atoms with Gasteiger partial charge in [-0.15, -0.1) is 0 Å². The van der Waals surface area contributed by atoms with Gasteiger partial charge in [-0.25, -0.2) is 0 Å². The van der Waals surface area contributed by atoms with E-state index in [9.17, 15) is 4.79 Å². The number of benzene rings is 2. The van der Waals surface area contributed by atoms with E-state index in [0.717, 1.165) is 18.5 Å². The fourth-order valence-corrected chi connectivity index (χ4v) is 3.78. The van der Waals surface area contributed by atoms with Crippen LogP contribution >= 0.6 is 0 Å². The van der Waals surface area contributed by atoms with E-state index < -0.39 is 0 Å². The Balaban J connectivity index is 1.63. The molecule has 3 heteroatoms. The molecular formula is C24H32N2O. The van der Waals surface area contributed by atoms with Crippen molar-refractivity contribution in [3.63, 3.8) is 0 Å². The van der Waals surface area contributed by atoms with Gasteiger partial charge < -0.3 is 5.32 Å². The summed E-state index contributed by atoms with van der Waals surface area (Å²) < 4.78 is 0. The van der Waals surface area contributed by atoms with Crippen LogP contribution in [0, 0.1) is 13.8 Å². The fraction of sp³-hybridized carbons (Fsp3) is 0.458. The van der Waals surface area contributed by atoms with Crippen LogP contribution in [-0.2, 0) is 6.54 Å². The minimum Gasteiger partial charge on any atom is -0.345 e. The van der Waals surface area contributed by atoms with Crippen LogP contribution in [0.3, 0.4) is 0 Å². The zero-order valence-electron chi connectivity index (χ0n) is 16.9. The Morgan fingerprint density at radius 1 is 1.00 bits per heavy atom. The van der Waals surface area contributed by atoms with Gasteiger partial charge in [-0.1, -0.05) is 43.7 Å². The number of aryl methyl sites for hydroxylation is 2. The van der Waals surface area contributed by atoms with Crippen molar-refractivity contribution in [2.45, 2.75) is 59.0 Å². The van der Waals surface area contributed by atoms with E-state index in [1.54, 1.807) is 0 Å². The van der Waals surface area contributed by atoms with E-state index >= 15 is 0 Å². The van der Waals surface area contributed by atoms with Gasteiger partial charge in [-0.05, 0) is 80.6 Å². The highest BCUT2D eigenvalue weighted by Gasteiger charge is 2.15. The zero-order valence-corrected chi connectivity index (χ0v) is 16.9. The molecule has 0 aromatic heterocycles. The van der Waals surface area contributed by atoms with E-state index in [2.05, 4.69) is 61.3 Å². The van der Waals surface area contributed by atoms with Crippen LogP contribution < -0.4 is 5.32 Å². The molecule has 27 heavy (non-hydrogen) atoms. The number of hydrogen-bond donors (Lipinski definition) is 1. The lowest BCUT2D eigenvalue weighted by molar-refractivity contribution is 0.0935. The smallest absolute Gasteiger partial charge is 0.251 e. The molecule has 0 spiro atoms. The van der Waals surface area contributed by atoms with Gasteiger partial charge >= 0.3 is 0 Å². The fourth-order valence-electron chi connectivity index (χ4n) is 3.78. The molecule has 1 aliphatic heterocycles. The molecule has 2 aromatic rings. The third-order valence-corrected chi connectivity index (χ3v) is 5.72. The average molecular weight is 365 g/mol. The highest BCUT2D eigenvalue weighted by atomic mass is 16.1. The summed E-state index contributed by atoms with van der Waals surface area (Å²) in [6.45, 7) is 9.72. The number of amides is 1. The van der Waals surface area contributed by atoms with E-state index in [1.807, 2.05) is 12.1 Å². The Bertz CT molecular complexity index is 760. The van der Waals surface area contributed by atoms with Gasteiger partial charge in [0, 0.05) is 12.1 Å². The highest BCUT2D eigenvalue weighted by Crippen LogP contribution is 2.21. The standard InChI is InChI=1S/C24H32N2O/c1-4-23(22-11-8-18(2)19(3)16-22)25-24(27)21-12-9-20(10-13-21)17-26-14-6-5-7-15-26/h8-13,16,23H,4-7,14-15,17H2,1-3H3,(H,25,27). The number of nitrogens with one attached hydrogen (secondary N) is 1. The molecule has 1 saturated heterocycles. The quantitative estimate of drug-likeness (QED) is 0.767. The van der Waals surface area contributed by atoms with Crippen LogP contribution in [0.25, 0.3) is 0 Å². The Morgan fingerprint density at radius 2 is 1.70 bits per heavy atom. The van der Waals surface area contributed by atoms with Gasteiger partial charge in [0.15, 0.2) is 0 Å². The zero-order chi connectivity index (χ0) is 19.2. The van der Waals surface area contributed by atoms with Crippen molar-refractivity contribution in [2.24, 2.45) is 0 Å². The number of piperidine rings is 1. The molecule has 0 radical (unpaired) electrons. The SMILES string of the molecule is CCC(NC(=O)c1ccc(CN2CCCCC2)cc1)c1ccc(C)c(C)c1. The third-order valence-electron chi connectivity index (χ3n) is 5.72. The Hall–Kier alpha value is -2.13.